The molecule has 3 heterocycles. The largest absolute Gasteiger partial charge is 0.496 e. The lowest BCUT2D eigenvalue weighted by Crippen LogP contribution is -2.43. The van der Waals surface area contributed by atoms with E-state index in [1.807, 2.05) is 50.2 Å². The molecule has 46 heavy (non-hydrogen) atoms. The molecule has 0 fully saturated rings. The van der Waals surface area contributed by atoms with Crippen molar-refractivity contribution in [2.75, 3.05) is 20.2 Å². The summed E-state index contributed by atoms with van der Waals surface area (Å²) in [4.78, 5) is 46.7. The lowest BCUT2D eigenvalue weighted by atomic mass is 9.90. The van der Waals surface area contributed by atoms with Gasteiger partial charge in [-0.2, -0.15) is 0 Å². The maximum absolute atomic E-state index is 14.3. The first-order valence-electron chi connectivity index (χ1n) is 14.9. The van der Waals surface area contributed by atoms with Crippen molar-refractivity contribution in [3.05, 3.63) is 125 Å². The van der Waals surface area contributed by atoms with Crippen molar-refractivity contribution in [1.82, 2.24) is 9.47 Å². The van der Waals surface area contributed by atoms with E-state index in [2.05, 4.69) is 0 Å². The first-order valence-corrected chi connectivity index (χ1v) is 15.7. The summed E-state index contributed by atoms with van der Waals surface area (Å²) in [6, 6.07) is 19.1. The molecule has 0 saturated carbocycles. The highest BCUT2D eigenvalue weighted by molar-refractivity contribution is 7.07. The van der Waals surface area contributed by atoms with Crippen LogP contribution in [0.1, 0.15) is 43.7 Å². The third kappa shape index (κ3) is 5.22. The number of likely N-dealkylation sites (N-methyl/N-ethyl adjacent to an activating group) is 1. The Morgan fingerprint density at radius 1 is 1.11 bits per heavy atom. The van der Waals surface area contributed by atoms with Crippen LogP contribution in [0.3, 0.4) is 0 Å². The summed E-state index contributed by atoms with van der Waals surface area (Å²) in [5, 5.41) is 13.5. The van der Waals surface area contributed by atoms with E-state index in [0.717, 1.165) is 16.3 Å². The van der Waals surface area contributed by atoms with E-state index in [9.17, 15) is 19.7 Å². The van der Waals surface area contributed by atoms with Crippen LogP contribution in [-0.2, 0) is 4.79 Å². The standard InChI is InChI=1S/C35H32N4O6S/c1-6-37(7-2)34(41)30-21(4)36-35-38(32(30)31-24-11-9-8-10-22(24)13-16-28(31)44-5)33(40)29(46-35)19-23-14-17-27(45-23)25-15-12-20(3)18-26(25)39(42)43/h8-19,32H,6-7H2,1-5H3/b29-19+/t32-/m0/s1. The van der Waals surface area contributed by atoms with Crippen molar-refractivity contribution < 1.29 is 18.9 Å². The highest BCUT2D eigenvalue weighted by Gasteiger charge is 2.36. The number of rotatable bonds is 8. The Balaban J connectivity index is 1.57. The number of ether oxygens (including phenoxy) is 1. The van der Waals surface area contributed by atoms with Gasteiger partial charge in [0.2, 0.25) is 0 Å². The minimum absolute atomic E-state index is 0.0646. The molecule has 0 radical (unpaired) electrons. The topological polar surface area (TPSA) is 120 Å². The number of allylic oxidation sites excluding steroid dienone is 1. The molecule has 1 aliphatic rings. The predicted molar refractivity (Wildman–Crippen MR) is 178 cm³/mol. The fourth-order valence-corrected chi connectivity index (χ4v) is 7.02. The van der Waals surface area contributed by atoms with E-state index >= 15 is 0 Å². The van der Waals surface area contributed by atoms with Gasteiger partial charge in [0.25, 0.3) is 17.2 Å². The molecule has 11 heteroatoms. The van der Waals surface area contributed by atoms with Gasteiger partial charge < -0.3 is 14.1 Å². The van der Waals surface area contributed by atoms with Gasteiger partial charge in [-0.05, 0) is 68.3 Å². The lowest BCUT2D eigenvalue weighted by Gasteiger charge is -2.30. The molecule has 0 saturated heterocycles. The van der Waals surface area contributed by atoms with Crippen LogP contribution in [0.25, 0.3) is 28.2 Å². The summed E-state index contributed by atoms with van der Waals surface area (Å²) >= 11 is 1.19. The van der Waals surface area contributed by atoms with E-state index in [1.165, 1.54) is 17.4 Å². The van der Waals surface area contributed by atoms with Gasteiger partial charge in [-0.15, -0.1) is 0 Å². The second-order valence-corrected chi connectivity index (χ2v) is 12.0. The van der Waals surface area contributed by atoms with E-state index in [1.54, 1.807) is 60.8 Å². The molecule has 2 aromatic heterocycles. The number of nitro benzene ring substituents is 1. The average Bonchev–Trinajstić information content (AvgIpc) is 3.64. The summed E-state index contributed by atoms with van der Waals surface area (Å²) in [6.07, 6.45) is 1.61. The van der Waals surface area contributed by atoms with E-state index < -0.39 is 11.0 Å². The van der Waals surface area contributed by atoms with Crippen LogP contribution in [0, 0.1) is 17.0 Å². The van der Waals surface area contributed by atoms with Crippen molar-refractivity contribution in [3.63, 3.8) is 0 Å². The molecule has 0 spiro atoms. The zero-order valence-electron chi connectivity index (χ0n) is 26.1. The van der Waals surface area contributed by atoms with Crippen LogP contribution in [0.5, 0.6) is 5.75 Å². The molecule has 0 bridgehead atoms. The van der Waals surface area contributed by atoms with Crippen LogP contribution in [0.2, 0.25) is 0 Å². The zero-order valence-corrected chi connectivity index (χ0v) is 26.9. The second-order valence-electron chi connectivity index (χ2n) is 10.9. The highest BCUT2D eigenvalue weighted by atomic mass is 32.1. The van der Waals surface area contributed by atoms with Gasteiger partial charge in [-0.3, -0.25) is 24.3 Å². The van der Waals surface area contributed by atoms with Crippen molar-refractivity contribution in [1.29, 1.82) is 0 Å². The smallest absolute Gasteiger partial charge is 0.280 e. The average molecular weight is 637 g/mol. The highest BCUT2D eigenvalue weighted by Crippen LogP contribution is 2.40. The lowest BCUT2D eigenvalue weighted by molar-refractivity contribution is -0.384. The summed E-state index contributed by atoms with van der Waals surface area (Å²) in [6.45, 7) is 8.41. The number of carbonyl (C=O) groups is 1. The van der Waals surface area contributed by atoms with Crippen LogP contribution >= 0.6 is 11.3 Å². The number of aromatic nitrogens is 1. The molecule has 0 aliphatic carbocycles. The molecule has 3 aromatic carbocycles. The number of carbonyl (C=O) groups excluding carboxylic acids is 1. The Kier molecular flexibility index (Phi) is 8.18. The molecule has 6 rings (SSSR count). The molecule has 1 amide bonds. The summed E-state index contributed by atoms with van der Waals surface area (Å²) < 4.78 is 13.8. The third-order valence-corrected chi connectivity index (χ3v) is 9.23. The van der Waals surface area contributed by atoms with Crippen molar-refractivity contribution >= 4 is 39.8 Å². The van der Waals surface area contributed by atoms with Crippen molar-refractivity contribution in [2.45, 2.75) is 33.7 Å². The molecule has 0 unspecified atom stereocenters. The van der Waals surface area contributed by atoms with Gasteiger partial charge >= 0.3 is 0 Å². The molecular formula is C35H32N4O6S. The Morgan fingerprint density at radius 2 is 1.87 bits per heavy atom. The van der Waals surface area contributed by atoms with Crippen LogP contribution in [-0.4, -0.2) is 40.5 Å². The minimum Gasteiger partial charge on any atom is -0.496 e. The van der Waals surface area contributed by atoms with Crippen LogP contribution < -0.4 is 19.6 Å². The number of fused-ring (bicyclic) bond motifs is 2. The van der Waals surface area contributed by atoms with Crippen LogP contribution in [0.4, 0.5) is 5.69 Å². The Morgan fingerprint density at radius 3 is 2.59 bits per heavy atom. The maximum atomic E-state index is 14.3. The van der Waals surface area contributed by atoms with Crippen molar-refractivity contribution in [2.24, 2.45) is 4.99 Å². The zero-order chi connectivity index (χ0) is 32.7. The molecule has 1 atom stereocenters. The van der Waals surface area contributed by atoms with Gasteiger partial charge in [0, 0.05) is 30.8 Å². The van der Waals surface area contributed by atoms with Gasteiger partial charge in [-0.1, -0.05) is 47.7 Å². The van der Waals surface area contributed by atoms with Crippen molar-refractivity contribution in [3.8, 4) is 17.1 Å². The summed E-state index contributed by atoms with van der Waals surface area (Å²) in [7, 11) is 1.58. The van der Waals surface area contributed by atoms with E-state index in [4.69, 9.17) is 14.1 Å². The normalized spacial score (nSPS) is 14.7. The monoisotopic (exact) mass is 636 g/mol. The number of methoxy groups -OCH3 is 1. The first-order chi connectivity index (χ1) is 22.2. The number of furan rings is 1. The minimum atomic E-state index is -0.810. The fourth-order valence-electron chi connectivity index (χ4n) is 5.99. The quantitative estimate of drug-likeness (QED) is 0.158. The van der Waals surface area contributed by atoms with Gasteiger partial charge in [0.05, 0.1) is 33.4 Å². The van der Waals surface area contributed by atoms with Gasteiger partial charge in [0.1, 0.15) is 23.3 Å². The fraction of sp³-hybridized carbons (Fsp3) is 0.229. The van der Waals surface area contributed by atoms with E-state index in [0.29, 0.717) is 62.1 Å². The Bertz CT molecular complexity index is 2240. The van der Waals surface area contributed by atoms with Gasteiger partial charge in [0.15, 0.2) is 4.80 Å². The number of nitrogens with zero attached hydrogens (tertiary/aromatic N) is 4. The molecule has 5 aromatic rings. The first kappa shape index (κ1) is 30.7. The number of amides is 1. The Labute approximate surface area is 268 Å². The number of hydrogen-bond acceptors (Lipinski definition) is 8. The second kappa shape index (κ2) is 12.2. The Hall–Kier alpha value is -5.29. The summed E-state index contributed by atoms with van der Waals surface area (Å²) in [5.41, 5.74) is 2.32. The number of benzene rings is 3. The number of aryl methyl sites for hydroxylation is 1. The SMILES string of the molecule is CCN(CC)C(=O)C1=C(C)N=c2s/c(=C/c3ccc(-c4ccc(C)cc4[N+](=O)[O-])o3)c(=O)n2[C@@H]1c1c(OC)ccc2ccccc12. The molecular weight excluding hydrogens is 604 g/mol. The predicted octanol–water partition coefficient (Wildman–Crippen LogP) is 5.74. The summed E-state index contributed by atoms with van der Waals surface area (Å²) in [5.74, 6) is 1.01. The molecule has 10 nitrogen and oxygen atoms in total. The van der Waals surface area contributed by atoms with Gasteiger partial charge in [-0.25, -0.2) is 4.99 Å². The molecule has 1 aliphatic heterocycles. The number of thiazole rings is 1. The number of nitro groups is 1. The van der Waals surface area contributed by atoms with Crippen LogP contribution in [0.15, 0.2) is 92.2 Å². The number of hydrogen-bond donors (Lipinski definition) is 0. The third-order valence-electron chi connectivity index (χ3n) is 8.24. The van der Waals surface area contributed by atoms with E-state index in [-0.39, 0.29) is 17.2 Å². The maximum Gasteiger partial charge on any atom is 0.280 e. The molecule has 234 valence electrons. The molecule has 0 N–H and O–H groups in total.